The van der Waals surface area contributed by atoms with Gasteiger partial charge in [-0.15, -0.1) is 0 Å². The molecule has 0 radical (unpaired) electrons. The molecule has 0 spiro atoms. The SMILES string of the molecule is CCOc1ccc(C=Nn2c(CC)nc3ccc(Br)cc3c2=O)cc1. The van der Waals surface area contributed by atoms with Gasteiger partial charge >= 0.3 is 0 Å². The molecule has 0 saturated carbocycles. The highest BCUT2D eigenvalue weighted by atomic mass is 79.9. The van der Waals surface area contributed by atoms with Crippen LogP contribution in [0.3, 0.4) is 0 Å². The fraction of sp³-hybridized carbons (Fsp3) is 0.211. The molecule has 0 unspecified atom stereocenters. The van der Waals surface area contributed by atoms with E-state index in [1.54, 1.807) is 12.3 Å². The van der Waals surface area contributed by atoms with Gasteiger partial charge in [-0.25, -0.2) is 4.98 Å². The lowest BCUT2D eigenvalue weighted by atomic mass is 10.2. The van der Waals surface area contributed by atoms with Crippen LogP contribution in [0.1, 0.15) is 25.2 Å². The molecule has 2 aromatic carbocycles. The molecule has 0 aliphatic heterocycles. The minimum Gasteiger partial charge on any atom is -0.494 e. The van der Waals surface area contributed by atoms with E-state index in [4.69, 9.17) is 4.74 Å². The van der Waals surface area contributed by atoms with Crippen LogP contribution >= 0.6 is 15.9 Å². The Hall–Kier alpha value is -2.47. The van der Waals surface area contributed by atoms with Crippen LogP contribution in [0, 0.1) is 0 Å². The van der Waals surface area contributed by atoms with Crippen LogP contribution < -0.4 is 10.3 Å². The van der Waals surface area contributed by atoms with Crippen LogP contribution in [-0.4, -0.2) is 22.5 Å². The molecular formula is C19H18BrN3O2. The van der Waals surface area contributed by atoms with E-state index in [1.165, 1.54) is 4.68 Å². The Kier molecular flexibility index (Phi) is 5.28. The Morgan fingerprint density at radius 2 is 1.96 bits per heavy atom. The van der Waals surface area contributed by atoms with Gasteiger partial charge in [-0.2, -0.15) is 9.78 Å². The van der Waals surface area contributed by atoms with E-state index < -0.39 is 0 Å². The summed E-state index contributed by atoms with van der Waals surface area (Å²) in [5.41, 5.74) is 1.38. The van der Waals surface area contributed by atoms with E-state index >= 15 is 0 Å². The second kappa shape index (κ2) is 7.61. The van der Waals surface area contributed by atoms with E-state index in [0.29, 0.717) is 29.8 Å². The Morgan fingerprint density at radius 1 is 1.20 bits per heavy atom. The quantitative estimate of drug-likeness (QED) is 0.609. The van der Waals surface area contributed by atoms with Crippen molar-refractivity contribution < 1.29 is 4.74 Å². The highest BCUT2D eigenvalue weighted by Gasteiger charge is 2.09. The number of rotatable bonds is 5. The number of benzene rings is 2. The zero-order valence-electron chi connectivity index (χ0n) is 14.1. The number of hydrogen-bond acceptors (Lipinski definition) is 4. The normalized spacial score (nSPS) is 11.3. The van der Waals surface area contributed by atoms with Crippen LogP contribution in [0.2, 0.25) is 0 Å². The second-order valence-electron chi connectivity index (χ2n) is 5.41. The Morgan fingerprint density at radius 3 is 2.64 bits per heavy atom. The molecule has 0 aliphatic rings. The maximum atomic E-state index is 12.8. The van der Waals surface area contributed by atoms with Crippen molar-refractivity contribution in [2.75, 3.05) is 6.61 Å². The van der Waals surface area contributed by atoms with Crippen LogP contribution in [0.5, 0.6) is 5.75 Å². The molecule has 0 aliphatic carbocycles. The topological polar surface area (TPSA) is 56.5 Å². The molecule has 1 aromatic heterocycles. The fourth-order valence-electron chi connectivity index (χ4n) is 2.48. The Bertz CT molecular complexity index is 978. The van der Waals surface area contributed by atoms with Gasteiger partial charge in [0.25, 0.3) is 5.56 Å². The molecule has 3 rings (SSSR count). The summed E-state index contributed by atoms with van der Waals surface area (Å²) in [6.07, 6.45) is 2.27. The number of aromatic nitrogens is 2. The number of halogens is 1. The lowest BCUT2D eigenvalue weighted by Crippen LogP contribution is -2.22. The van der Waals surface area contributed by atoms with E-state index in [1.807, 2.05) is 50.2 Å². The first-order valence-corrected chi connectivity index (χ1v) is 8.90. The highest BCUT2D eigenvalue weighted by Crippen LogP contribution is 2.16. The number of ether oxygens (including phenoxy) is 1. The van der Waals surface area contributed by atoms with Gasteiger partial charge < -0.3 is 4.74 Å². The van der Waals surface area contributed by atoms with Gasteiger partial charge in [0.15, 0.2) is 0 Å². The van der Waals surface area contributed by atoms with Crippen LogP contribution in [-0.2, 0) is 6.42 Å². The minimum absolute atomic E-state index is 0.176. The number of aryl methyl sites for hydroxylation is 1. The third-order valence-electron chi connectivity index (χ3n) is 3.70. The molecule has 3 aromatic rings. The first-order chi connectivity index (χ1) is 12.1. The Balaban J connectivity index is 2.02. The average Bonchev–Trinajstić information content (AvgIpc) is 2.63. The van der Waals surface area contributed by atoms with Crippen molar-refractivity contribution in [2.45, 2.75) is 20.3 Å². The number of hydrogen-bond donors (Lipinski definition) is 0. The first-order valence-electron chi connectivity index (χ1n) is 8.10. The van der Waals surface area contributed by atoms with Gasteiger partial charge in [-0.05, 0) is 55.0 Å². The fourth-order valence-corrected chi connectivity index (χ4v) is 2.84. The third kappa shape index (κ3) is 3.79. The van der Waals surface area contributed by atoms with Crippen molar-refractivity contribution in [3.63, 3.8) is 0 Å². The van der Waals surface area contributed by atoms with E-state index in [9.17, 15) is 4.79 Å². The molecule has 0 fully saturated rings. The van der Waals surface area contributed by atoms with E-state index in [-0.39, 0.29) is 5.56 Å². The lowest BCUT2D eigenvalue weighted by Gasteiger charge is -2.08. The summed E-state index contributed by atoms with van der Waals surface area (Å²) >= 11 is 3.40. The molecule has 0 atom stereocenters. The molecule has 6 heteroatoms. The van der Waals surface area contributed by atoms with Crippen molar-refractivity contribution in [3.05, 3.63) is 68.7 Å². The molecule has 128 valence electrons. The number of nitrogens with zero attached hydrogens (tertiary/aromatic N) is 3. The summed E-state index contributed by atoms with van der Waals surface area (Å²) < 4.78 is 7.63. The van der Waals surface area contributed by atoms with Crippen molar-refractivity contribution in [3.8, 4) is 5.75 Å². The predicted octanol–water partition coefficient (Wildman–Crippen LogP) is 4.00. The van der Waals surface area contributed by atoms with E-state index in [2.05, 4.69) is 26.0 Å². The van der Waals surface area contributed by atoms with Gasteiger partial charge in [0, 0.05) is 10.9 Å². The zero-order valence-corrected chi connectivity index (χ0v) is 15.7. The Labute approximate surface area is 154 Å². The summed E-state index contributed by atoms with van der Waals surface area (Å²) in [5.74, 6) is 1.44. The molecule has 1 heterocycles. The zero-order chi connectivity index (χ0) is 17.8. The summed E-state index contributed by atoms with van der Waals surface area (Å²) in [6, 6.07) is 13.0. The standard InChI is InChI=1S/C19H18BrN3O2/c1-3-18-22-17-10-7-14(20)11-16(17)19(24)23(18)21-12-13-5-8-15(9-6-13)25-4-2/h5-12H,3-4H2,1-2H3. The van der Waals surface area contributed by atoms with Crippen LogP contribution in [0.4, 0.5) is 0 Å². The highest BCUT2D eigenvalue weighted by molar-refractivity contribution is 9.10. The number of fused-ring (bicyclic) bond motifs is 1. The van der Waals surface area contributed by atoms with Crippen molar-refractivity contribution in [1.82, 2.24) is 9.66 Å². The molecule has 0 amide bonds. The van der Waals surface area contributed by atoms with Gasteiger partial charge in [0.2, 0.25) is 0 Å². The molecular weight excluding hydrogens is 382 g/mol. The van der Waals surface area contributed by atoms with Gasteiger partial charge in [0.1, 0.15) is 11.6 Å². The predicted molar refractivity (Wildman–Crippen MR) is 104 cm³/mol. The van der Waals surface area contributed by atoms with Gasteiger partial charge in [-0.3, -0.25) is 4.79 Å². The monoisotopic (exact) mass is 399 g/mol. The minimum atomic E-state index is -0.176. The summed E-state index contributed by atoms with van der Waals surface area (Å²) in [4.78, 5) is 17.3. The lowest BCUT2D eigenvalue weighted by molar-refractivity contribution is 0.340. The summed E-state index contributed by atoms with van der Waals surface area (Å²) in [7, 11) is 0. The van der Waals surface area contributed by atoms with Crippen molar-refractivity contribution >= 4 is 33.0 Å². The maximum absolute atomic E-state index is 12.8. The van der Waals surface area contributed by atoms with Gasteiger partial charge in [0.05, 0.1) is 23.7 Å². The average molecular weight is 400 g/mol. The van der Waals surface area contributed by atoms with Crippen molar-refractivity contribution in [2.24, 2.45) is 5.10 Å². The van der Waals surface area contributed by atoms with Crippen LogP contribution in [0.25, 0.3) is 10.9 Å². The van der Waals surface area contributed by atoms with Crippen molar-refractivity contribution in [1.29, 1.82) is 0 Å². The van der Waals surface area contributed by atoms with Crippen LogP contribution in [0.15, 0.2) is 56.8 Å². The maximum Gasteiger partial charge on any atom is 0.282 e. The molecule has 0 bridgehead atoms. The molecule has 0 N–H and O–H groups in total. The molecule has 5 nitrogen and oxygen atoms in total. The second-order valence-corrected chi connectivity index (χ2v) is 6.32. The largest absolute Gasteiger partial charge is 0.494 e. The first kappa shape index (κ1) is 17.4. The molecule has 25 heavy (non-hydrogen) atoms. The summed E-state index contributed by atoms with van der Waals surface area (Å²) in [5, 5.41) is 4.90. The van der Waals surface area contributed by atoms with Gasteiger partial charge in [-0.1, -0.05) is 22.9 Å². The summed E-state index contributed by atoms with van der Waals surface area (Å²) in [6.45, 7) is 4.52. The molecule has 0 saturated heterocycles. The smallest absolute Gasteiger partial charge is 0.282 e. The third-order valence-corrected chi connectivity index (χ3v) is 4.20. The van der Waals surface area contributed by atoms with E-state index in [0.717, 1.165) is 15.8 Å².